The van der Waals surface area contributed by atoms with Crippen LogP contribution in [0.3, 0.4) is 0 Å². The number of unbranched alkanes of at least 4 members (excludes halogenated alkanes) is 1. The van der Waals surface area contributed by atoms with Crippen molar-refractivity contribution in [3.05, 3.63) is 15.4 Å². The third kappa shape index (κ3) is 2.99. The third-order valence-electron chi connectivity index (χ3n) is 5.63. The number of aromatic nitrogens is 1. The highest BCUT2D eigenvalue weighted by molar-refractivity contribution is 9.09. The molecule has 0 aromatic carbocycles. The van der Waals surface area contributed by atoms with Crippen molar-refractivity contribution < 1.29 is 4.79 Å². The third-order valence-corrected chi connectivity index (χ3v) is 7.29. The van der Waals surface area contributed by atoms with E-state index in [9.17, 15) is 4.79 Å². The van der Waals surface area contributed by atoms with E-state index in [0.29, 0.717) is 0 Å². The zero-order valence-corrected chi connectivity index (χ0v) is 16.9. The van der Waals surface area contributed by atoms with Gasteiger partial charge in [-0.25, -0.2) is 0 Å². The SMILES string of the molecule is Cc1sc(=NC(=O)C2C(C)(C)C2(C)C)n(CCCCBr)c1C. The van der Waals surface area contributed by atoms with E-state index in [1.165, 1.54) is 10.6 Å². The summed E-state index contributed by atoms with van der Waals surface area (Å²) in [4.78, 5) is 19.2. The number of carbonyl (C=O) groups is 1. The van der Waals surface area contributed by atoms with Crippen molar-refractivity contribution >= 4 is 33.2 Å². The minimum atomic E-state index is 0.0405. The number of hydrogen-bond donors (Lipinski definition) is 0. The predicted molar refractivity (Wildman–Crippen MR) is 96.4 cm³/mol. The Morgan fingerprint density at radius 2 is 1.82 bits per heavy atom. The van der Waals surface area contributed by atoms with Crippen molar-refractivity contribution in [2.24, 2.45) is 21.7 Å². The lowest BCUT2D eigenvalue weighted by Crippen LogP contribution is -2.20. The van der Waals surface area contributed by atoms with Gasteiger partial charge in [0, 0.05) is 22.4 Å². The molecule has 0 atom stereocenters. The topological polar surface area (TPSA) is 34.4 Å². The molecule has 0 saturated heterocycles. The van der Waals surface area contributed by atoms with Gasteiger partial charge in [0.05, 0.1) is 5.92 Å². The molecule has 1 aromatic rings. The molecular weight excluding hydrogens is 360 g/mol. The first-order chi connectivity index (χ1) is 10.1. The zero-order chi connectivity index (χ0) is 16.7. The highest BCUT2D eigenvalue weighted by atomic mass is 79.9. The summed E-state index contributed by atoms with van der Waals surface area (Å²) in [5.74, 6) is 0.0872. The average molecular weight is 387 g/mol. The number of hydrogen-bond acceptors (Lipinski definition) is 2. The highest BCUT2D eigenvalue weighted by Gasteiger charge is 2.68. The van der Waals surface area contributed by atoms with Gasteiger partial charge in [-0.15, -0.1) is 11.3 Å². The van der Waals surface area contributed by atoms with Crippen LogP contribution in [0, 0.1) is 30.6 Å². The molecule has 2 rings (SSSR count). The van der Waals surface area contributed by atoms with E-state index in [0.717, 1.165) is 29.5 Å². The van der Waals surface area contributed by atoms with Crippen molar-refractivity contribution in [3.63, 3.8) is 0 Å². The molecule has 0 N–H and O–H groups in total. The Morgan fingerprint density at radius 3 is 2.32 bits per heavy atom. The maximum atomic E-state index is 12.6. The van der Waals surface area contributed by atoms with Crippen LogP contribution in [0.5, 0.6) is 0 Å². The second kappa shape index (κ2) is 6.23. The number of rotatable bonds is 5. The minimum Gasteiger partial charge on any atom is -0.321 e. The van der Waals surface area contributed by atoms with Crippen LogP contribution < -0.4 is 4.80 Å². The molecule has 0 aliphatic heterocycles. The van der Waals surface area contributed by atoms with Gasteiger partial charge in [-0.1, -0.05) is 43.6 Å². The van der Waals surface area contributed by atoms with Gasteiger partial charge in [0.2, 0.25) is 0 Å². The molecule has 0 unspecified atom stereocenters. The lowest BCUT2D eigenvalue weighted by molar-refractivity contribution is -0.120. The molecule has 22 heavy (non-hydrogen) atoms. The van der Waals surface area contributed by atoms with Crippen LogP contribution in [0.2, 0.25) is 0 Å². The Kier molecular flexibility index (Phi) is 5.08. The number of aryl methyl sites for hydroxylation is 1. The molecule has 1 aliphatic rings. The van der Waals surface area contributed by atoms with E-state index in [1.807, 2.05) is 0 Å². The Hall–Kier alpha value is -0.420. The second-order valence-corrected chi connectivity index (χ2v) is 9.38. The summed E-state index contributed by atoms with van der Waals surface area (Å²) in [5.41, 5.74) is 1.34. The minimum absolute atomic E-state index is 0.0405. The lowest BCUT2D eigenvalue weighted by atomic mass is 10.0. The molecule has 5 heteroatoms. The fourth-order valence-electron chi connectivity index (χ4n) is 3.28. The summed E-state index contributed by atoms with van der Waals surface area (Å²) in [6.07, 6.45) is 2.24. The number of thiazole rings is 1. The fourth-order valence-corrected chi connectivity index (χ4v) is 4.69. The fraction of sp³-hybridized carbons (Fsp3) is 0.765. The largest absolute Gasteiger partial charge is 0.321 e. The monoisotopic (exact) mass is 386 g/mol. The van der Waals surface area contributed by atoms with Crippen LogP contribution in [0.1, 0.15) is 51.1 Å². The Balaban J connectivity index is 2.29. The number of carbonyl (C=O) groups excluding carboxylic acids is 1. The average Bonchev–Trinajstić information content (AvgIpc) is 2.67. The standard InChI is InChI=1S/C17H27BrN2OS/c1-11-12(2)22-15(20(11)10-8-7-9-18)19-14(21)13-16(3,4)17(13,5)6/h13H,7-10H2,1-6H3. The van der Waals surface area contributed by atoms with Crippen molar-refractivity contribution in [1.82, 2.24) is 4.57 Å². The van der Waals surface area contributed by atoms with Crippen molar-refractivity contribution in [1.29, 1.82) is 0 Å². The Labute approximate surface area is 146 Å². The van der Waals surface area contributed by atoms with E-state index in [-0.39, 0.29) is 22.7 Å². The molecule has 0 spiro atoms. The molecular formula is C17H27BrN2OS. The van der Waals surface area contributed by atoms with Crippen LogP contribution >= 0.6 is 27.3 Å². The zero-order valence-electron chi connectivity index (χ0n) is 14.5. The van der Waals surface area contributed by atoms with Gasteiger partial charge in [-0.05, 0) is 37.5 Å². The smallest absolute Gasteiger partial charge is 0.252 e. The molecule has 1 aliphatic carbocycles. The second-order valence-electron chi connectivity index (χ2n) is 7.40. The maximum Gasteiger partial charge on any atom is 0.252 e. The van der Waals surface area contributed by atoms with Crippen LogP contribution in [-0.4, -0.2) is 15.8 Å². The Bertz CT molecular complexity index is 626. The molecule has 1 fully saturated rings. The summed E-state index contributed by atoms with van der Waals surface area (Å²) in [6.45, 7) is 13.8. The molecule has 1 aromatic heterocycles. The van der Waals surface area contributed by atoms with Crippen LogP contribution in [0.25, 0.3) is 0 Å². The van der Waals surface area contributed by atoms with E-state index in [2.05, 4.69) is 67.0 Å². The van der Waals surface area contributed by atoms with Gasteiger partial charge < -0.3 is 4.57 Å². The van der Waals surface area contributed by atoms with E-state index < -0.39 is 0 Å². The van der Waals surface area contributed by atoms with E-state index >= 15 is 0 Å². The normalized spacial score (nSPS) is 20.4. The lowest BCUT2D eigenvalue weighted by Gasteiger charge is -2.05. The first-order valence-corrected chi connectivity index (χ1v) is 9.89. The first-order valence-electron chi connectivity index (χ1n) is 7.96. The molecule has 0 radical (unpaired) electrons. The first kappa shape index (κ1) is 17.9. The molecule has 3 nitrogen and oxygen atoms in total. The van der Waals surface area contributed by atoms with Gasteiger partial charge in [0.1, 0.15) is 0 Å². The summed E-state index contributed by atoms with van der Waals surface area (Å²) in [7, 11) is 0. The molecule has 1 heterocycles. The number of alkyl halides is 1. The van der Waals surface area contributed by atoms with Crippen molar-refractivity contribution in [2.45, 2.75) is 60.9 Å². The molecule has 124 valence electrons. The van der Waals surface area contributed by atoms with Gasteiger partial charge in [0.25, 0.3) is 5.91 Å². The van der Waals surface area contributed by atoms with Gasteiger partial charge in [0.15, 0.2) is 4.80 Å². The predicted octanol–water partition coefficient (Wildman–Crippen LogP) is 4.45. The van der Waals surface area contributed by atoms with Crippen LogP contribution in [-0.2, 0) is 11.3 Å². The highest BCUT2D eigenvalue weighted by Crippen LogP contribution is 2.68. The van der Waals surface area contributed by atoms with E-state index in [4.69, 9.17) is 0 Å². The summed E-state index contributed by atoms with van der Waals surface area (Å²) >= 11 is 5.11. The molecule has 1 saturated carbocycles. The maximum absolute atomic E-state index is 12.6. The van der Waals surface area contributed by atoms with Gasteiger partial charge >= 0.3 is 0 Å². The van der Waals surface area contributed by atoms with Crippen LogP contribution in [0.4, 0.5) is 0 Å². The summed E-state index contributed by atoms with van der Waals surface area (Å²) < 4.78 is 2.21. The van der Waals surface area contributed by atoms with Crippen molar-refractivity contribution in [3.8, 4) is 0 Å². The van der Waals surface area contributed by atoms with E-state index in [1.54, 1.807) is 11.3 Å². The molecule has 0 bridgehead atoms. The number of halogens is 1. The quantitative estimate of drug-likeness (QED) is 0.543. The van der Waals surface area contributed by atoms with Crippen molar-refractivity contribution in [2.75, 3.05) is 5.33 Å². The van der Waals surface area contributed by atoms with Crippen LogP contribution in [0.15, 0.2) is 4.99 Å². The van der Waals surface area contributed by atoms with Gasteiger partial charge in [-0.3, -0.25) is 4.79 Å². The molecule has 1 amide bonds. The summed E-state index contributed by atoms with van der Waals surface area (Å²) in [5, 5.41) is 1.02. The number of amides is 1. The summed E-state index contributed by atoms with van der Waals surface area (Å²) in [6, 6.07) is 0. The number of nitrogens with zero attached hydrogens (tertiary/aromatic N) is 2. The van der Waals surface area contributed by atoms with Gasteiger partial charge in [-0.2, -0.15) is 4.99 Å². The Morgan fingerprint density at radius 1 is 1.23 bits per heavy atom.